The Hall–Kier alpha value is -0.550. The molecule has 1 aromatic rings. The smallest absolute Gasteiger partial charge is 0.190 e. The van der Waals surface area contributed by atoms with Crippen LogP contribution in [0.25, 0.3) is 0 Å². The zero-order valence-corrected chi connectivity index (χ0v) is 10.3. The molecule has 0 aliphatic heterocycles. The van der Waals surface area contributed by atoms with Gasteiger partial charge in [-0.3, -0.25) is 0 Å². The highest BCUT2D eigenvalue weighted by molar-refractivity contribution is 7.99. The molecule has 1 rings (SSSR count). The fourth-order valence-corrected chi connectivity index (χ4v) is 2.22. The summed E-state index contributed by atoms with van der Waals surface area (Å²) in [4.78, 5) is 0. The maximum atomic E-state index is 5.02. The van der Waals surface area contributed by atoms with Crippen molar-refractivity contribution in [3.63, 3.8) is 0 Å². The second kappa shape index (κ2) is 7.70. The van der Waals surface area contributed by atoms with Gasteiger partial charge in [0.05, 0.1) is 0 Å². The number of unbranched alkanes of at least 4 members (excludes halogenated alkanes) is 1. The van der Waals surface area contributed by atoms with Gasteiger partial charge >= 0.3 is 0 Å². The molecule has 0 radical (unpaired) electrons. The Labute approximate surface area is 95.4 Å². The van der Waals surface area contributed by atoms with E-state index in [0.29, 0.717) is 0 Å². The highest BCUT2D eigenvalue weighted by Crippen LogP contribution is 2.16. The third kappa shape index (κ3) is 4.66. The van der Waals surface area contributed by atoms with Crippen LogP contribution in [0.1, 0.15) is 26.2 Å². The van der Waals surface area contributed by atoms with E-state index in [1.807, 2.05) is 0 Å². The minimum Gasteiger partial charge on any atom is -0.385 e. The summed E-state index contributed by atoms with van der Waals surface area (Å²) in [5.41, 5.74) is 0. The Balaban J connectivity index is 2.32. The molecule has 0 aromatic carbocycles. The predicted molar refractivity (Wildman–Crippen MR) is 62.1 cm³/mol. The number of aryl methyl sites for hydroxylation is 1. The van der Waals surface area contributed by atoms with Crippen molar-refractivity contribution in [2.45, 2.75) is 37.9 Å². The predicted octanol–water partition coefficient (Wildman–Crippen LogP) is 2.21. The highest BCUT2D eigenvalue weighted by Gasteiger charge is 2.03. The van der Waals surface area contributed by atoms with E-state index in [0.717, 1.165) is 30.5 Å². The molecule has 0 amide bonds. The van der Waals surface area contributed by atoms with Crippen molar-refractivity contribution in [1.29, 1.82) is 0 Å². The molecule has 15 heavy (non-hydrogen) atoms. The Kier molecular flexibility index (Phi) is 6.43. The number of rotatable bonds is 8. The SMILES string of the molecule is CCCCSc1nncn1CCCOC. The van der Waals surface area contributed by atoms with Gasteiger partial charge in [-0.25, -0.2) is 0 Å². The lowest BCUT2D eigenvalue weighted by molar-refractivity contribution is 0.189. The van der Waals surface area contributed by atoms with Crippen LogP contribution in [-0.2, 0) is 11.3 Å². The zero-order chi connectivity index (χ0) is 10.9. The van der Waals surface area contributed by atoms with Crippen LogP contribution in [0.5, 0.6) is 0 Å². The minimum atomic E-state index is 0.789. The Morgan fingerprint density at radius 2 is 2.33 bits per heavy atom. The number of hydrogen-bond donors (Lipinski definition) is 0. The highest BCUT2D eigenvalue weighted by atomic mass is 32.2. The molecule has 0 saturated heterocycles. The van der Waals surface area contributed by atoms with Crippen LogP contribution < -0.4 is 0 Å². The van der Waals surface area contributed by atoms with E-state index in [1.165, 1.54) is 12.8 Å². The molecule has 0 aliphatic rings. The van der Waals surface area contributed by atoms with Crippen LogP contribution in [-0.4, -0.2) is 34.2 Å². The minimum absolute atomic E-state index is 0.789. The molecule has 0 fully saturated rings. The molecule has 0 atom stereocenters. The normalized spacial score (nSPS) is 10.8. The van der Waals surface area contributed by atoms with Gasteiger partial charge in [-0.05, 0) is 12.8 Å². The average molecular weight is 229 g/mol. The van der Waals surface area contributed by atoms with Gasteiger partial charge in [0.1, 0.15) is 6.33 Å². The molecule has 86 valence electrons. The maximum absolute atomic E-state index is 5.02. The molecule has 0 spiro atoms. The van der Waals surface area contributed by atoms with E-state index in [1.54, 1.807) is 25.2 Å². The Bertz CT molecular complexity index is 240. The first-order valence-corrected chi connectivity index (χ1v) is 6.36. The van der Waals surface area contributed by atoms with Crippen LogP contribution in [0, 0.1) is 0 Å². The van der Waals surface area contributed by atoms with E-state index in [-0.39, 0.29) is 0 Å². The molecule has 0 saturated carbocycles. The molecule has 5 heteroatoms. The molecule has 0 N–H and O–H groups in total. The lowest BCUT2D eigenvalue weighted by Gasteiger charge is -2.04. The summed E-state index contributed by atoms with van der Waals surface area (Å²) in [6.07, 6.45) is 5.26. The summed E-state index contributed by atoms with van der Waals surface area (Å²) in [6.45, 7) is 3.93. The van der Waals surface area contributed by atoms with Gasteiger partial charge in [0.25, 0.3) is 0 Å². The number of ether oxygens (including phenoxy) is 1. The first-order valence-electron chi connectivity index (χ1n) is 5.38. The van der Waals surface area contributed by atoms with E-state index >= 15 is 0 Å². The summed E-state index contributed by atoms with van der Waals surface area (Å²) in [5, 5.41) is 9.06. The van der Waals surface area contributed by atoms with Crippen LogP contribution in [0.15, 0.2) is 11.5 Å². The molecule has 4 nitrogen and oxygen atoms in total. The largest absolute Gasteiger partial charge is 0.385 e. The van der Waals surface area contributed by atoms with Gasteiger partial charge in [-0.2, -0.15) is 0 Å². The second-order valence-electron chi connectivity index (χ2n) is 3.36. The Morgan fingerprint density at radius 1 is 1.47 bits per heavy atom. The monoisotopic (exact) mass is 229 g/mol. The summed E-state index contributed by atoms with van der Waals surface area (Å²) >= 11 is 1.78. The summed E-state index contributed by atoms with van der Waals surface area (Å²) < 4.78 is 7.11. The van der Waals surface area contributed by atoms with E-state index < -0.39 is 0 Å². The van der Waals surface area contributed by atoms with Gasteiger partial charge in [-0.15, -0.1) is 10.2 Å². The lowest BCUT2D eigenvalue weighted by atomic mass is 10.4. The van der Waals surface area contributed by atoms with Crippen molar-refractivity contribution in [3.8, 4) is 0 Å². The fourth-order valence-electron chi connectivity index (χ4n) is 1.20. The van der Waals surface area contributed by atoms with Gasteiger partial charge in [0, 0.05) is 26.0 Å². The van der Waals surface area contributed by atoms with Crippen LogP contribution in [0.2, 0.25) is 0 Å². The van der Waals surface area contributed by atoms with Gasteiger partial charge in [-0.1, -0.05) is 25.1 Å². The fraction of sp³-hybridized carbons (Fsp3) is 0.800. The molecular weight excluding hydrogens is 210 g/mol. The topological polar surface area (TPSA) is 39.9 Å². The first kappa shape index (κ1) is 12.5. The first-order chi connectivity index (χ1) is 7.38. The number of thioether (sulfide) groups is 1. The van der Waals surface area contributed by atoms with Crippen molar-refractivity contribution >= 4 is 11.8 Å². The van der Waals surface area contributed by atoms with E-state index in [4.69, 9.17) is 4.74 Å². The maximum Gasteiger partial charge on any atom is 0.190 e. The molecule has 0 aliphatic carbocycles. The number of aromatic nitrogens is 3. The second-order valence-corrected chi connectivity index (χ2v) is 4.42. The van der Waals surface area contributed by atoms with Gasteiger partial charge in [0.2, 0.25) is 0 Å². The zero-order valence-electron chi connectivity index (χ0n) is 9.48. The van der Waals surface area contributed by atoms with Crippen LogP contribution in [0.3, 0.4) is 0 Å². The molecule has 0 bridgehead atoms. The van der Waals surface area contributed by atoms with Crippen molar-refractivity contribution in [2.75, 3.05) is 19.5 Å². The molecule has 1 aromatic heterocycles. The summed E-state index contributed by atoms with van der Waals surface area (Å²) in [6, 6.07) is 0. The average Bonchev–Trinajstić information content (AvgIpc) is 2.67. The van der Waals surface area contributed by atoms with E-state index in [9.17, 15) is 0 Å². The van der Waals surface area contributed by atoms with Crippen LogP contribution in [0.4, 0.5) is 0 Å². The van der Waals surface area contributed by atoms with Crippen molar-refractivity contribution in [2.24, 2.45) is 0 Å². The van der Waals surface area contributed by atoms with Gasteiger partial charge in [0.15, 0.2) is 5.16 Å². The molecule has 0 unspecified atom stereocenters. The standard InChI is InChI=1S/C10H19N3OS/c1-3-4-8-15-10-12-11-9-13(10)6-5-7-14-2/h9H,3-8H2,1-2H3. The van der Waals surface area contributed by atoms with Crippen molar-refractivity contribution in [1.82, 2.24) is 14.8 Å². The van der Waals surface area contributed by atoms with Crippen molar-refractivity contribution < 1.29 is 4.74 Å². The van der Waals surface area contributed by atoms with Crippen LogP contribution >= 0.6 is 11.8 Å². The third-order valence-electron chi connectivity index (χ3n) is 2.06. The Morgan fingerprint density at radius 3 is 3.07 bits per heavy atom. The van der Waals surface area contributed by atoms with Gasteiger partial charge < -0.3 is 9.30 Å². The third-order valence-corrected chi connectivity index (χ3v) is 3.12. The molecule has 1 heterocycles. The van der Waals surface area contributed by atoms with E-state index in [2.05, 4.69) is 21.7 Å². The lowest BCUT2D eigenvalue weighted by Crippen LogP contribution is -2.02. The number of nitrogens with zero attached hydrogens (tertiary/aromatic N) is 3. The number of methoxy groups -OCH3 is 1. The summed E-state index contributed by atoms with van der Waals surface area (Å²) in [5.74, 6) is 1.12. The molecular formula is C10H19N3OS. The van der Waals surface area contributed by atoms with Crippen molar-refractivity contribution in [3.05, 3.63) is 6.33 Å². The quantitative estimate of drug-likeness (QED) is 0.506. The number of hydrogen-bond acceptors (Lipinski definition) is 4. The summed E-state index contributed by atoms with van der Waals surface area (Å²) in [7, 11) is 1.73.